The Kier molecular flexibility index (Phi) is 3.76. The van der Waals surface area contributed by atoms with Crippen LogP contribution in [0.25, 0.3) is 0 Å². The van der Waals surface area contributed by atoms with E-state index >= 15 is 0 Å². The quantitative estimate of drug-likeness (QED) is 0.632. The van der Waals surface area contributed by atoms with Crippen molar-refractivity contribution in [3.8, 4) is 0 Å². The van der Waals surface area contributed by atoms with Gasteiger partial charge in [-0.15, -0.1) is 0 Å². The molecule has 2 rings (SSSR count). The number of anilines is 1. The first-order valence-electron chi connectivity index (χ1n) is 5.92. The number of esters is 1. The maximum Gasteiger partial charge on any atom is 0.328 e. The molecule has 106 valence electrons. The molecule has 1 aliphatic rings. The minimum Gasteiger partial charge on any atom is -0.464 e. The number of benzene rings is 1. The Morgan fingerprint density at radius 1 is 1.45 bits per heavy atom. The second-order valence-electron chi connectivity index (χ2n) is 4.22. The van der Waals surface area contributed by atoms with E-state index in [-0.39, 0.29) is 22.9 Å². The smallest absolute Gasteiger partial charge is 0.328 e. The summed E-state index contributed by atoms with van der Waals surface area (Å²) < 4.78 is 18.2. The highest BCUT2D eigenvalue weighted by atomic mass is 35.5. The average Bonchev–Trinajstić information content (AvgIpc) is 2.63. The van der Waals surface area contributed by atoms with E-state index in [9.17, 15) is 18.8 Å². The van der Waals surface area contributed by atoms with Crippen molar-refractivity contribution < 1.29 is 23.5 Å². The summed E-state index contributed by atoms with van der Waals surface area (Å²) in [5.74, 6) is -3.21. The van der Waals surface area contributed by atoms with E-state index in [4.69, 9.17) is 16.3 Å². The molecule has 20 heavy (non-hydrogen) atoms. The van der Waals surface area contributed by atoms with Crippen molar-refractivity contribution in [1.82, 2.24) is 0 Å². The number of rotatable bonds is 3. The minimum atomic E-state index is -0.992. The van der Waals surface area contributed by atoms with Crippen LogP contribution < -0.4 is 4.90 Å². The van der Waals surface area contributed by atoms with Crippen LogP contribution in [-0.2, 0) is 14.3 Å². The first-order valence-corrected chi connectivity index (χ1v) is 6.29. The normalized spacial score (nSPS) is 15.3. The largest absolute Gasteiger partial charge is 0.464 e. The predicted molar refractivity (Wildman–Crippen MR) is 69.3 cm³/mol. The van der Waals surface area contributed by atoms with Crippen molar-refractivity contribution in [2.45, 2.75) is 19.9 Å². The highest BCUT2D eigenvalue weighted by Crippen LogP contribution is 2.34. The molecule has 1 aliphatic heterocycles. The summed E-state index contributed by atoms with van der Waals surface area (Å²) in [4.78, 5) is 36.4. The van der Waals surface area contributed by atoms with E-state index in [1.807, 2.05) is 0 Å². The van der Waals surface area contributed by atoms with Crippen LogP contribution in [0.2, 0.25) is 5.02 Å². The molecule has 0 aliphatic carbocycles. The zero-order valence-corrected chi connectivity index (χ0v) is 11.5. The summed E-state index contributed by atoms with van der Waals surface area (Å²) in [6.07, 6.45) is 0. The number of Topliss-reactive ketones (excluding diaryl/α,β-unsaturated/α-hetero) is 1. The van der Waals surface area contributed by atoms with E-state index in [2.05, 4.69) is 0 Å². The molecule has 0 radical (unpaired) electrons. The molecule has 0 saturated heterocycles. The molecule has 0 fully saturated rings. The van der Waals surface area contributed by atoms with Gasteiger partial charge in [0.05, 0.1) is 22.9 Å². The molecule has 0 N–H and O–H groups in total. The fourth-order valence-electron chi connectivity index (χ4n) is 2.00. The summed E-state index contributed by atoms with van der Waals surface area (Å²) in [6, 6.07) is 1.06. The lowest BCUT2D eigenvalue weighted by Gasteiger charge is -2.22. The molecule has 7 heteroatoms. The van der Waals surface area contributed by atoms with Crippen molar-refractivity contribution in [1.29, 1.82) is 0 Å². The van der Waals surface area contributed by atoms with Crippen molar-refractivity contribution >= 4 is 34.9 Å². The molecule has 0 saturated carbocycles. The number of carbonyl (C=O) groups is 3. The Bertz CT molecular complexity index is 617. The second kappa shape index (κ2) is 5.20. The van der Waals surface area contributed by atoms with Crippen LogP contribution in [-0.4, -0.2) is 30.3 Å². The minimum absolute atomic E-state index is 0.104. The maximum atomic E-state index is 13.4. The van der Waals surface area contributed by atoms with Crippen LogP contribution in [0.4, 0.5) is 10.1 Å². The number of carbonyl (C=O) groups excluding carboxylic acids is 3. The highest BCUT2D eigenvalue weighted by Gasteiger charge is 2.41. The molecule has 1 amide bonds. The Morgan fingerprint density at radius 2 is 2.10 bits per heavy atom. The Hall–Kier alpha value is -1.95. The fraction of sp³-hybridized carbons (Fsp3) is 0.308. The highest BCUT2D eigenvalue weighted by molar-refractivity contribution is 6.53. The lowest BCUT2D eigenvalue weighted by molar-refractivity contribution is -0.145. The number of ketones is 1. The predicted octanol–water partition coefficient (Wildman–Crippen LogP) is 1.96. The van der Waals surface area contributed by atoms with Crippen molar-refractivity contribution in [3.63, 3.8) is 0 Å². The lowest BCUT2D eigenvalue weighted by Crippen LogP contribution is -2.43. The van der Waals surface area contributed by atoms with E-state index < -0.39 is 29.5 Å². The maximum absolute atomic E-state index is 13.4. The van der Waals surface area contributed by atoms with E-state index in [0.717, 1.165) is 17.0 Å². The summed E-state index contributed by atoms with van der Waals surface area (Å²) in [5, 5.41) is -0.229. The number of amides is 1. The molecule has 1 aromatic carbocycles. The van der Waals surface area contributed by atoms with E-state index in [1.165, 1.54) is 6.92 Å². The molecular weight excluding hydrogens is 289 g/mol. The monoisotopic (exact) mass is 299 g/mol. The SMILES string of the molecule is CCOC(=O)C(C)N1C(=O)C(=O)c2cc(F)c(Cl)cc21. The molecule has 0 aromatic heterocycles. The van der Waals surface area contributed by atoms with Gasteiger partial charge >= 0.3 is 5.97 Å². The van der Waals surface area contributed by atoms with E-state index in [1.54, 1.807) is 6.92 Å². The van der Waals surface area contributed by atoms with Gasteiger partial charge in [0.15, 0.2) is 0 Å². The summed E-state index contributed by atoms with van der Waals surface area (Å²) in [5.41, 5.74) is 0.0139. The van der Waals surface area contributed by atoms with Gasteiger partial charge in [0, 0.05) is 0 Å². The molecule has 0 bridgehead atoms. The Morgan fingerprint density at radius 3 is 2.70 bits per heavy atom. The van der Waals surface area contributed by atoms with Gasteiger partial charge in [-0.3, -0.25) is 14.5 Å². The number of halogens is 2. The number of hydrogen-bond donors (Lipinski definition) is 0. The Labute approximate surface area is 119 Å². The first-order chi connectivity index (χ1) is 9.38. The van der Waals surface area contributed by atoms with Crippen molar-refractivity contribution in [3.05, 3.63) is 28.5 Å². The topological polar surface area (TPSA) is 63.7 Å². The summed E-state index contributed by atoms with van der Waals surface area (Å²) >= 11 is 5.66. The second-order valence-corrected chi connectivity index (χ2v) is 4.62. The van der Waals surface area contributed by atoms with Gasteiger partial charge in [-0.1, -0.05) is 11.6 Å². The number of nitrogens with zero attached hydrogens (tertiary/aromatic N) is 1. The molecule has 1 heterocycles. The van der Waals surface area contributed by atoms with Gasteiger partial charge in [-0.05, 0) is 26.0 Å². The van der Waals surface area contributed by atoms with Crippen LogP contribution in [0.15, 0.2) is 12.1 Å². The zero-order chi connectivity index (χ0) is 15.0. The Balaban J connectivity index is 2.47. The van der Waals surface area contributed by atoms with Gasteiger partial charge < -0.3 is 4.74 Å². The number of fused-ring (bicyclic) bond motifs is 1. The third-order valence-electron chi connectivity index (χ3n) is 2.97. The van der Waals surface area contributed by atoms with Gasteiger partial charge in [-0.25, -0.2) is 9.18 Å². The van der Waals surface area contributed by atoms with Crippen molar-refractivity contribution in [2.24, 2.45) is 0 Å². The van der Waals surface area contributed by atoms with Gasteiger partial charge in [0.25, 0.3) is 11.7 Å². The third-order valence-corrected chi connectivity index (χ3v) is 3.26. The summed E-state index contributed by atoms with van der Waals surface area (Å²) in [7, 11) is 0. The van der Waals surface area contributed by atoms with Gasteiger partial charge in [0.2, 0.25) is 0 Å². The van der Waals surface area contributed by atoms with Crippen LogP contribution in [0, 0.1) is 5.82 Å². The first kappa shape index (κ1) is 14.5. The molecule has 5 nitrogen and oxygen atoms in total. The van der Waals surface area contributed by atoms with Crippen LogP contribution in [0.3, 0.4) is 0 Å². The summed E-state index contributed by atoms with van der Waals surface area (Å²) in [6.45, 7) is 3.20. The van der Waals surface area contributed by atoms with Gasteiger partial charge in [0.1, 0.15) is 11.9 Å². The van der Waals surface area contributed by atoms with E-state index in [0.29, 0.717) is 0 Å². The molecular formula is C13H11ClFNO4. The van der Waals surface area contributed by atoms with Crippen LogP contribution in [0.5, 0.6) is 0 Å². The average molecular weight is 300 g/mol. The molecule has 1 atom stereocenters. The van der Waals surface area contributed by atoms with Crippen molar-refractivity contribution in [2.75, 3.05) is 11.5 Å². The third kappa shape index (κ3) is 2.16. The fourth-order valence-corrected chi connectivity index (χ4v) is 2.16. The molecule has 1 aromatic rings. The lowest BCUT2D eigenvalue weighted by atomic mass is 10.1. The standard InChI is InChI=1S/C13H11ClFNO4/c1-3-20-13(19)6(2)16-10-5-8(14)9(15)4-7(10)11(17)12(16)18/h4-6H,3H2,1-2H3. The van der Waals surface area contributed by atoms with Gasteiger partial charge in [-0.2, -0.15) is 0 Å². The van der Waals surface area contributed by atoms with Crippen LogP contribution in [0.1, 0.15) is 24.2 Å². The number of ether oxygens (including phenoxy) is 1. The van der Waals surface area contributed by atoms with Crippen LogP contribution >= 0.6 is 11.6 Å². The molecule has 0 spiro atoms. The zero-order valence-electron chi connectivity index (χ0n) is 10.8. The molecule has 1 unspecified atom stereocenters. The number of hydrogen-bond acceptors (Lipinski definition) is 4.